The molecule has 0 saturated heterocycles. The number of rotatable bonds is 1. The van der Waals surface area contributed by atoms with Crippen molar-refractivity contribution in [2.24, 2.45) is 0 Å². The molecule has 0 atom stereocenters. The first kappa shape index (κ1) is 7.61. The summed E-state index contributed by atoms with van der Waals surface area (Å²) in [5.74, 6) is -0.269. The van der Waals surface area contributed by atoms with Gasteiger partial charge < -0.3 is 0 Å². The Labute approximate surface area is 65.3 Å². The van der Waals surface area contributed by atoms with E-state index in [1.54, 1.807) is 26.2 Å². The Morgan fingerprint density at radius 1 is 1.50 bits per heavy atom. The minimum atomic E-state index is -0.269. The van der Waals surface area contributed by atoms with Gasteiger partial charge in [-0.05, 0) is 12.1 Å². The average molecular weight is 155 g/mol. The molecule has 0 nitrogen and oxygen atoms in total. The first-order valence-corrected chi connectivity index (χ1v) is 3.36. The van der Waals surface area contributed by atoms with E-state index in [2.05, 4.69) is 0 Å². The molecule has 0 bridgehead atoms. The van der Waals surface area contributed by atoms with E-state index in [9.17, 15) is 4.39 Å². The number of hydrogen-bond acceptors (Lipinski definition) is 0. The van der Waals surface area contributed by atoms with Gasteiger partial charge in [0.05, 0.1) is 0 Å². The molecule has 0 fully saturated rings. The Morgan fingerprint density at radius 2 is 2.20 bits per heavy atom. The molecule has 1 aromatic rings. The van der Waals surface area contributed by atoms with Crippen LogP contribution >= 0.6 is 11.6 Å². The summed E-state index contributed by atoms with van der Waals surface area (Å²) in [5.41, 5.74) is 0.587. The maximum absolute atomic E-state index is 12.7. The van der Waals surface area contributed by atoms with Gasteiger partial charge in [0, 0.05) is 5.02 Å². The first-order chi connectivity index (χ1) is 4.74. The maximum Gasteiger partial charge on any atom is 0.152 e. The van der Waals surface area contributed by atoms with Crippen molar-refractivity contribution in [2.45, 2.75) is 6.82 Å². The van der Waals surface area contributed by atoms with E-state index < -0.39 is 0 Å². The minimum Gasteiger partial charge on any atom is -0.208 e. The second kappa shape index (κ2) is 3.06. The van der Waals surface area contributed by atoms with Crippen molar-refractivity contribution in [3.63, 3.8) is 0 Å². The van der Waals surface area contributed by atoms with Crippen molar-refractivity contribution >= 4 is 24.3 Å². The van der Waals surface area contributed by atoms with Gasteiger partial charge in [0.1, 0.15) is 5.82 Å². The molecule has 1 radical (unpaired) electrons. The van der Waals surface area contributed by atoms with Crippen molar-refractivity contribution in [3.8, 4) is 0 Å². The van der Waals surface area contributed by atoms with Gasteiger partial charge in [-0.15, -0.1) is 0 Å². The summed E-state index contributed by atoms with van der Waals surface area (Å²) in [6.45, 7) is 1.78. The quantitative estimate of drug-likeness (QED) is 0.543. The predicted octanol–water partition coefficient (Wildman–Crippen LogP) is 1.86. The summed E-state index contributed by atoms with van der Waals surface area (Å²) in [5, 5.41) is 0.433. The number of halogens is 2. The Morgan fingerprint density at radius 3 is 2.70 bits per heavy atom. The standard InChI is InChI=1S/C7H6BClF/c1-8-6-3-2-5(9)4-7(6)10/h2-4H,1H3. The summed E-state index contributed by atoms with van der Waals surface area (Å²) in [7, 11) is 1.70. The topological polar surface area (TPSA) is 0 Å². The van der Waals surface area contributed by atoms with Crippen LogP contribution in [0.15, 0.2) is 18.2 Å². The smallest absolute Gasteiger partial charge is 0.152 e. The molecule has 0 aliphatic carbocycles. The Bertz CT molecular complexity index is 237. The summed E-state index contributed by atoms with van der Waals surface area (Å²) >= 11 is 5.52. The van der Waals surface area contributed by atoms with Crippen LogP contribution in [0.5, 0.6) is 0 Å². The fraction of sp³-hybridized carbons (Fsp3) is 0.143. The SMILES string of the molecule is C[B]c1ccc(Cl)cc1F. The molecule has 0 spiro atoms. The largest absolute Gasteiger partial charge is 0.208 e. The van der Waals surface area contributed by atoms with Crippen molar-refractivity contribution in [1.82, 2.24) is 0 Å². The molecule has 0 unspecified atom stereocenters. The molecule has 1 aromatic carbocycles. The second-order valence-corrected chi connectivity index (χ2v) is 2.39. The van der Waals surface area contributed by atoms with E-state index in [0.29, 0.717) is 10.5 Å². The van der Waals surface area contributed by atoms with Gasteiger partial charge in [-0.1, -0.05) is 30.0 Å². The van der Waals surface area contributed by atoms with Gasteiger partial charge in [-0.25, -0.2) is 4.39 Å². The average Bonchev–Trinajstić information content (AvgIpc) is 1.88. The molecule has 51 valence electrons. The van der Waals surface area contributed by atoms with Crippen LogP contribution in [0.1, 0.15) is 0 Å². The van der Waals surface area contributed by atoms with Crippen LogP contribution < -0.4 is 5.46 Å². The zero-order valence-electron chi connectivity index (χ0n) is 5.57. The highest BCUT2D eigenvalue weighted by atomic mass is 35.5. The number of benzene rings is 1. The summed E-state index contributed by atoms with van der Waals surface area (Å²) in [4.78, 5) is 0. The monoisotopic (exact) mass is 155 g/mol. The molecule has 0 aliphatic rings. The molecule has 0 saturated carbocycles. The molecular weight excluding hydrogens is 149 g/mol. The maximum atomic E-state index is 12.7. The molecule has 10 heavy (non-hydrogen) atoms. The van der Waals surface area contributed by atoms with Crippen LogP contribution in [0.4, 0.5) is 4.39 Å². The van der Waals surface area contributed by atoms with Crippen molar-refractivity contribution in [1.29, 1.82) is 0 Å². The van der Waals surface area contributed by atoms with Crippen LogP contribution in [-0.2, 0) is 0 Å². The lowest BCUT2D eigenvalue weighted by molar-refractivity contribution is 0.636. The van der Waals surface area contributed by atoms with Crippen LogP contribution in [0.2, 0.25) is 11.8 Å². The van der Waals surface area contributed by atoms with E-state index >= 15 is 0 Å². The lowest BCUT2D eigenvalue weighted by atomic mass is 9.73. The summed E-state index contributed by atoms with van der Waals surface area (Å²) in [6, 6.07) is 4.62. The first-order valence-electron chi connectivity index (χ1n) is 2.98. The number of hydrogen-bond donors (Lipinski definition) is 0. The molecule has 1 rings (SSSR count). The van der Waals surface area contributed by atoms with Crippen LogP contribution in [0.3, 0.4) is 0 Å². The van der Waals surface area contributed by atoms with E-state index in [-0.39, 0.29) is 5.82 Å². The molecule has 0 amide bonds. The fourth-order valence-corrected chi connectivity index (χ4v) is 0.894. The van der Waals surface area contributed by atoms with E-state index in [1.807, 2.05) is 0 Å². The molecule has 0 aromatic heterocycles. The third-order valence-corrected chi connectivity index (χ3v) is 1.51. The molecule has 0 aliphatic heterocycles. The van der Waals surface area contributed by atoms with Crippen molar-refractivity contribution in [2.75, 3.05) is 0 Å². The Kier molecular flexibility index (Phi) is 2.33. The zero-order chi connectivity index (χ0) is 7.56. The Hall–Kier alpha value is -0.495. The van der Waals surface area contributed by atoms with Crippen LogP contribution in [0.25, 0.3) is 0 Å². The molecule has 3 heteroatoms. The van der Waals surface area contributed by atoms with Gasteiger partial charge in [0.15, 0.2) is 7.28 Å². The highest BCUT2D eigenvalue weighted by molar-refractivity contribution is 6.52. The van der Waals surface area contributed by atoms with E-state index in [1.165, 1.54) is 6.07 Å². The van der Waals surface area contributed by atoms with Crippen molar-refractivity contribution in [3.05, 3.63) is 29.0 Å². The predicted molar refractivity (Wildman–Crippen MR) is 42.7 cm³/mol. The lowest BCUT2D eigenvalue weighted by Crippen LogP contribution is -2.14. The Balaban J connectivity index is 3.07. The third kappa shape index (κ3) is 1.51. The van der Waals surface area contributed by atoms with Gasteiger partial charge in [-0.2, -0.15) is 0 Å². The van der Waals surface area contributed by atoms with E-state index in [4.69, 9.17) is 11.6 Å². The normalized spacial score (nSPS) is 9.50. The molecular formula is C7H6BClF. The van der Waals surface area contributed by atoms with Gasteiger partial charge in [0.2, 0.25) is 0 Å². The van der Waals surface area contributed by atoms with Gasteiger partial charge in [0.25, 0.3) is 0 Å². The van der Waals surface area contributed by atoms with Crippen molar-refractivity contribution < 1.29 is 4.39 Å². The van der Waals surface area contributed by atoms with Gasteiger partial charge in [-0.3, -0.25) is 0 Å². The van der Waals surface area contributed by atoms with Crippen LogP contribution in [0, 0.1) is 5.82 Å². The zero-order valence-corrected chi connectivity index (χ0v) is 6.32. The van der Waals surface area contributed by atoms with Gasteiger partial charge >= 0.3 is 0 Å². The second-order valence-electron chi connectivity index (χ2n) is 1.95. The highest BCUT2D eigenvalue weighted by Gasteiger charge is 1.99. The fourth-order valence-electron chi connectivity index (χ4n) is 0.736. The minimum absolute atomic E-state index is 0.269. The summed E-state index contributed by atoms with van der Waals surface area (Å²) < 4.78 is 12.7. The lowest BCUT2D eigenvalue weighted by Gasteiger charge is -1.96. The third-order valence-electron chi connectivity index (χ3n) is 1.27. The van der Waals surface area contributed by atoms with E-state index in [0.717, 1.165) is 0 Å². The molecule has 0 N–H and O–H groups in total. The summed E-state index contributed by atoms with van der Waals surface area (Å²) in [6.07, 6.45) is 0. The highest BCUT2D eigenvalue weighted by Crippen LogP contribution is 2.06. The molecule has 0 heterocycles. The van der Waals surface area contributed by atoms with Crippen LogP contribution in [-0.4, -0.2) is 7.28 Å².